The first-order valence-corrected chi connectivity index (χ1v) is 9.61. The number of carbonyl (C=O) groups excluding carboxylic acids is 1. The molecule has 0 spiro atoms. The molecule has 7 heteroatoms. The van der Waals surface area contributed by atoms with Crippen molar-refractivity contribution in [2.45, 2.75) is 39.7 Å². The van der Waals surface area contributed by atoms with Crippen molar-refractivity contribution in [1.29, 1.82) is 0 Å². The van der Waals surface area contributed by atoms with E-state index in [-0.39, 0.29) is 5.91 Å². The van der Waals surface area contributed by atoms with Crippen molar-refractivity contribution in [3.8, 4) is 0 Å². The fraction of sp³-hybridized carbons (Fsp3) is 0.450. The van der Waals surface area contributed by atoms with Crippen molar-refractivity contribution in [3.05, 3.63) is 35.0 Å². The molecular weight excluding hydrogens is 340 g/mol. The number of aryl methyl sites for hydroxylation is 2. The third kappa shape index (κ3) is 3.35. The van der Waals surface area contributed by atoms with Gasteiger partial charge < -0.3 is 20.9 Å². The molecule has 27 heavy (non-hydrogen) atoms. The average molecular weight is 366 g/mol. The molecule has 0 radical (unpaired) electrons. The topological polar surface area (TPSA) is 82.2 Å². The quantitative estimate of drug-likeness (QED) is 0.775. The van der Waals surface area contributed by atoms with Gasteiger partial charge in [0.2, 0.25) is 5.95 Å². The van der Waals surface area contributed by atoms with Crippen LogP contribution in [-0.4, -0.2) is 41.6 Å². The molecule has 2 aromatic rings. The molecule has 2 aliphatic rings. The lowest BCUT2D eigenvalue weighted by Crippen LogP contribution is -2.44. The summed E-state index contributed by atoms with van der Waals surface area (Å²) in [6.45, 7) is 9.09. The van der Waals surface area contributed by atoms with E-state index < -0.39 is 0 Å². The summed E-state index contributed by atoms with van der Waals surface area (Å²) in [7, 11) is 0. The maximum absolute atomic E-state index is 12.7. The van der Waals surface area contributed by atoms with Crippen LogP contribution in [0.4, 0.5) is 23.1 Å². The van der Waals surface area contributed by atoms with Crippen molar-refractivity contribution in [2.75, 3.05) is 35.2 Å². The van der Waals surface area contributed by atoms with Crippen LogP contribution in [0.15, 0.2) is 18.3 Å². The standard InChI is InChI=1S/C20H26N6O/c1-4-26(14-5-7-21-8-6-14)20-22-11-15-18(25-20)23-16-9-12(2)13(3)10-17(16)24-19(15)27/h9-11,14,21H,4-8H2,1-3H3,(H,24,27)(H,22,23,25). The minimum Gasteiger partial charge on any atom is -0.338 e. The van der Waals surface area contributed by atoms with Crippen LogP contribution < -0.4 is 20.9 Å². The van der Waals surface area contributed by atoms with Gasteiger partial charge in [0.05, 0.1) is 11.4 Å². The molecule has 1 amide bonds. The fourth-order valence-electron chi connectivity index (χ4n) is 3.79. The lowest BCUT2D eigenvalue weighted by molar-refractivity contribution is 0.102. The van der Waals surface area contributed by atoms with Crippen molar-refractivity contribution < 1.29 is 4.79 Å². The molecule has 4 rings (SSSR count). The zero-order valence-electron chi connectivity index (χ0n) is 16.1. The molecule has 0 aliphatic carbocycles. The van der Waals surface area contributed by atoms with E-state index in [1.807, 2.05) is 19.1 Å². The summed E-state index contributed by atoms with van der Waals surface area (Å²) in [6, 6.07) is 4.46. The van der Waals surface area contributed by atoms with E-state index in [4.69, 9.17) is 4.98 Å². The summed E-state index contributed by atoms with van der Waals surface area (Å²) in [6.07, 6.45) is 3.78. The van der Waals surface area contributed by atoms with Gasteiger partial charge in [0.1, 0.15) is 11.4 Å². The minimum absolute atomic E-state index is 0.184. The second-order valence-corrected chi connectivity index (χ2v) is 7.26. The van der Waals surface area contributed by atoms with E-state index in [1.165, 1.54) is 0 Å². The predicted octanol–water partition coefficient (Wildman–Crippen LogP) is 2.98. The Kier molecular flexibility index (Phi) is 4.70. The zero-order valence-corrected chi connectivity index (χ0v) is 16.1. The van der Waals surface area contributed by atoms with Gasteiger partial charge in [0.15, 0.2) is 0 Å². The van der Waals surface area contributed by atoms with E-state index in [1.54, 1.807) is 6.20 Å². The van der Waals surface area contributed by atoms with Crippen LogP contribution in [0.25, 0.3) is 0 Å². The number of carbonyl (C=O) groups is 1. The summed E-state index contributed by atoms with van der Waals surface area (Å²) in [4.78, 5) is 24.2. The molecule has 0 unspecified atom stereocenters. The van der Waals surface area contributed by atoms with Gasteiger partial charge >= 0.3 is 0 Å². The van der Waals surface area contributed by atoms with Crippen LogP contribution in [0.3, 0.4) is 0 Å². The van der Waals surface area contributed by atoms with Crippen LogP contribution in [-0.2, 0) is 0 Å². The number of benzene rings is 1. The number of nitrogens with zero attached hydrogens (tertiary/aromatic N) is 3. The van der Waals surface area contributed by atoms with Gasteiger partial charge in [-0.25, -0.2) is 4.98 Å². The second-order valence-electron chi connectivity index (χ2n) is 7.26. The maximum Gasteiger partial charge on any atom is 0.261 e. The second kappa shape index (κ2) is 7.15. The molecule has 0 atom stereocenters. The molecule has 1 saturated heterocycles. The molecule has 7 nitrogen and oxygen atoms in total. The molecular formula is C20H26N6O. The monoisotopic (exact) mass is 366 g/mol. The van der Waals surface area contributed by atoms with Crippen LogP contribution in [0.2, 0.25) is 0 Å². The van der Waals surface area contributed by atoms with Crippen LogP contribution in [0, 0.1) is 13.8 Å². The van der Waals surface area contributed by atoms with E-state index in [2.05, 4.69) is 39.7 Å². The number of rotatable bonds is 3. The largest absolute Gasteiger partial charge is 0.338 e. The van der Waals surface area contributed by atoms with Crippen LogP contribution >= 0.6 is 0 Å². The third-order valence-corrected chi connectivity index (χ3v) is 5.50. The Balaban J connectivity index is 1.71. The number of nitrogens with one attached hydrogen (secondary N) is 3. The molecule has 142 valence electrons. The van der Waals surface area contributed by atoms with Crippen LogP contribution in [0.1, 0.15) is 41.3 Å². The molecule has 1 fully saturated rings. The summed E-state index contributed by atoms with van der Waals surface area (Å²) >= 11 is 0. The minimum atomic E-state index is -0.184. The number of aromatic nitrogens is 2. The Morgan fingerprint density at radius 2 is 1.78 bits per heavy atom. The van der Waals surface area contributed by atoms with Gasteiger partial charge in [-0.3, -0.25) is 4.79 Å². The van der Waals surface area contributed by atoms with E-state index in [0.717, 1.165) is 55.0 Å². The highest BCUT2D eigenvalue weighted by molar-refractivity contribution is 6.11. The van der Waals surface area contributed by atoms with Crippen molar-refractivity contribution >= 4 is 29.0 Å². The fourth-order valence-corrected chi connectivity index (χ4v) is 3.79. The summed E-state index contributed by atoms with van der Waals surface area (Å²) in [5, 5.41) is 9.72. The van der Waals surface area contributed by atoms with E-state index in [9.17, 15) is 4.79 Å². The Morgan fingerprint density at radius 1 is 1.11 bits per heavy atom. The number of fused-ring (bicyclic) bond motifs is 2. The first-order valence-electron chi connectivity index (χ1n) is 9.61. The molecule has 2 aliphatic heterocycles. The van der Waals surface area contributed by atoms with E-state index in [0.29, 0.717) is 23.4 Å². The highest BCUT2D eigenvalue weighted by Gasteiger charge is 2.26. The smallest absolute Gasteiger partial charge is 0.261 e. The zero-order chi connectivity index (χ0) is 19.0. The molecule has 0 saturated carbocycles. The summed E-state index contributed by atoms with van der Waals surface area (Å²) in [5.41, 5.74) is 4.40. The van der Waals surface area contributed by atoms with Gasteiger partial charge in [0, 0.05) is 18.8 Å². The SMILES string of the molecule is CCN(c1ncc2c(n1)Nc1cc(C)c(C)cc1NC2=O)C1CCNCC1. The highest BCUT2D eigenvalue weighted by Crippen LogP contribution is 2.33. The Morgan fingerprint density at radius 3 is 2.44 bits per heavy atom. The first-order chi connectivity index (χ1) is 13.1. The lowest BCUT2D eigenvalue weighted by atomic mass is 10.1. The maximum atomic E-state index is 12.7. The molecule has 3 heterocycles. The van der Waals surface area contributed by atoms with Crippen molar-refractivity contribution in [2.24, 2.45) is 0 Å². The lowest BCUT2D eigenvalue weighted by Gasteiger charge is -2.34. The highest BCUT2D eigenvalue weighted by atomic mass is 16.1. The normalized spacial score (nSPS) is 16.6. The first kappa shape index (κ1) is 17.7. The van der Waals surface area contributed by atoms with E-state index >= 15 is 0 Å². The van der Waals surface area contributed by atoms with Gasteiger partial charge in [-0.2, -0.15) is 4.98 Å². The number of piperidine rings is 1. The molecule has 1 aromatic heterocycles. The number of hydrogen-bond acceptors (Lipinski definition) is 6. The predicted molar refractivity (Wildman–Crippen MR) is 108 cm³/mol. The van der Waals surface area contributed by atoms with Crippen LogP contribution in [0.5, 0.6) is 0 Å². The van der Waals surface area contributed by atoms with Gasteiger partial charge in [-0.05, 0) is 70.0 Å². The average Bonchev–Trinajstić information content (AvgIpc) is 2.79. The Labute approximate surface area is 159 Å². The van der Waals surface area contributed by atoms with Gasteiger partial charge in [-0.1, -0.05) is 0 Å². The van der Waals surface area contributed by atoms with Crippen molar-refractivity contribution in [1.82, 2.24) is 15.3 Å². The Bertz CT molecular complexity index is 875. The molecule has 1 aromatic carbocycles. The Hall–Kier alpha value is -2.67. The molecule has 3 N–H and O–H groups in total. The number of amides is 1. The van der Waals surface area contributed by atoms with Crippen molar-refractivity contribution in [3.63, 3.8) is 0 Å². The van der Waals surface area contributed by atoms with Gasteiger partial charge in [-0.15, -0.1) is 0 Å². The number of anilines is 4. The summed E-state index contributed by atoms with van der Waals surface area (Å²) in [5.74, 6) is 1.05. The van der Waals surface area contributed by atoms with Gasteiger partial charge in [0.25, 0.3) is 5.91 Å². The summed E-state index contributed by atoms with van der Waals surface area (Å²) < 4.78 is 0. The third-order valence-electron chi connectivity index (χ3n) is 5.50. The molecule has 0 bridgehead atoms. The number of hydrogen-bond donors (Lipinski definition) is 3.